The third-order valence-corrected chi connectivity index (χ3v) is 3.12. The van der Waals surface area contributed by atoms with Gasteiger partial charge < -0.3 is 5.32 Å². The zero-order valence-electron chi connectivity index (χ0n) is 11.7. The van der Waals surface area contributed by atoms with Crippen molar-refractivity contribution < 1.29 is 4.79 Å². The van der Waals surface area contributed by atoms with Crippen molar-refractivity contribution in [2.24, 2.45) is 0 Å². The molecule has 0 aliphatic carbocycles. The van der Waals surface area contributed by atoms with E-state index in [0.717, 1.165) is 24.3 Å². The molecule has 0 atom stereocenters. The quantitative estimate of drug-likeness (QED) is 0.809. The minimum Gasteiger partial charge on any atom is -0.325 e. The number of carbonyl (C=O) groups excluding carboxylic acids is 1. The van der Waals surface area contributed by atoms with Crippen molar-refractivity contribution >= 4 is 23.2 Å². The number of aryl methyl sites for hydroxylation is 1. The molecule has 0 saturated carbocycles. The van der Waals surface area contributed by atoms with Gasteiger partial charge in [0.05, 0.1) is 6.54 Å². The highest BCUT2D eigenvalue weighted by Crippen LogP contribution is 2.20. The molecule has 0 fully saturated rings. The van der Waals surface area contributed by atoms with E-state index in [9.17, 15) is 4.79 Å². The Morgan fingerprint density at radius 1 is 1.47 bits per heavy atom. The van der Waals surface area contributed by atoms with E-state index in [0.29, 0.717) is 11.6 Å². The van der Waals surface area contributed by atoms with E-state index in [4.69, 9.17) is 11.6 Å². The number of hydrogen-bond acceptors (Lipinski definition) is 2. The highest BCUT2D eigenvalue weighted by atomic mass is 35.5. The van der Waals surface area contributed by atoms with Crippen LogP contribution >= 0.6 is 11.6 Å². The van der Waals surface area contributed by atoms with E-state index in [-0.39, 0.29) is 5.91 Å². The van der Waals surface area contributed by atoms with Crippen LogP contribution in [0, 0.1) is 6.92 Å². The first-order valence-electron chi connectivity index (χ1n) is 6.46. The number of likely N-dealkylation sites (N-methyl/N-ethyl adjacent to an activating group) is 1. The predicted molar refractivity (Wildman–Crippen MR) is 81.7 cm³/mol. The van der Waals surface area contributed by atoms with Crippen LogP contribution in [0.25, 0.3) is 0 Å². The summed E-state index contributed by atoms with van der Waals surface area (Å²) in [6.45, 7) is 7.97. The fraction of sp³-hybridized carbons (Fsp3) is 0.400. The van der Waals surface area contributed by atoms with Gasteiger partial charge in [-0.2, -0.15) is 0 Å². The molecule has 1 amide bonds. The molecule has 0 aliphatic heterocycles. The molecule has 0 spiro atoms. The Hall–Kier alpha value is -1.32. The average molecular weight is 281 g/mol. The van der Waals surface area contributed by atoms with Crippen LogP contribution < -0.4 is 5.32 Å². The van der Waals surface area contributed by atoms with E-state index < -0.39 is 0 Å². The van der Waals surface area contributed by atoms with E-state index >= 15 is 0 Å². The van der Waals surface area contributed by atoms with Gasteiger partial charge in [0.25, 0.3) is 0 Å². The molecule has 1 N–H and O–H groups in total. The smallest absolute Gasteiger partial charge is 0.238 e. The van der Waals surface area contributed by atoms with Crippen LogP contribution in [-0.4, -0.2) is 30.4 Å². The fourth-order valence-corrected chi connectivity index (χ4v) is 1.85. The molecule has 0 aromatic heterocycles. The lowest BCUT2D eigenvalue weighted by Gasteiger charge is -2.18. The average Bonchev–Trinajstić information content (AvgIpc) is 2.38. The van der Waals surface area contributed by atoms with Crippen LogP contribution in [-0.2, 0) is 4.79 Å². The van der Waals surface area contributed by atoms with Crippen LogP contribution in [0.3, 0.4) is 0 Å². The second-order valence-electron chi connectivity index (χ2n) is 4.40. The maximum Gasteiger partial charge on any atom is 0.238 e. The van der Waals surface area contributed by atoms with E-state index in [1.807, 2.05) is 45.1 Å². The molecule has 0 aliphatic rings. The van der Waals surface area contributed by atoms with Crippen LogP contribution in [0.1, 0.15) is 19.4 Å². The number of halogens is 1. The monoisotopic (exact) mass is 280 g/mol. The fourth-order valence-electron chi connectivity index (χ4n) is 1.68. The maximum atomic E-state index is 12.0. The van der Waals surface area contributed by atoms with Gasteiger partial charge in [-0.15, -0.1) is 0 Å². The zero-order chi connectivity index (χ0) is 14.3. The molecule has 1 aromatic carbocycles. The third kappa shape index (κ3) is 5.45. The Bertz CT molecular complexity index is 457. The minimum atomic E-state index is -0.0169. The lowest BCUT2D eigenvalue weighted by Crippen LogP contribution is -2.33. The lowest BCUT2D eigenvalue weighted by molar-refractivity contribution is -0.117. The SMILES string of the molecule is CC=CCN(CC)CC(=O)Nc1cc(Cl)ccc1C. The van der Waals surface area contributed by atoms with Crippen molar-refractivity contribution in [1.29, 1.82) is 0 Å². The van der Waals surface area contributed by atoms with Crippen molar-refractivity contribution in [2.75, 3.05) is 25.0 Å². The number of anilines is 1. The normalized spacial score (nSPS) is 11.2. The lowest BCUT2D eigenvalue weighted by atomic mass is 10.2. The number of hydrogen-bond donors (Lipinski definition) is 1. The number of benzene rings is 1. The number of nitrogens with one attached hydrogen (secondary N) is 1. The Morgan fingerprint density at radius 3 is 2.84 bits per heavy atom. The third-order valence-electron chi connectivity index (χ3n) is 2.89. The molecule has 0 bridgehead atoms. The summed E-state index contributed by atoms with van der Waals surface area (Å²) in [6.07, 6.45) is 4.03. The Kier molecular flexibility index (Phi) is 6.60. The van der Waals surface area contributed by atoms with Crippen molar-refractivity contribution in [1.82, 2.24) is 4.90 Å². The molecule has 19 heavy (non-hydrogen) atoms. The summed E-state index contributed by atoms with van der Waals surface area (Å²) >= 11 is 5.93. The molecule has 3 nitrogen and oxygen atoms in total. The van der Waals surface area contributed by atoms with Gasteiger partial charge >= 0.3 is 0 Å². The van der Waals surface area contributed by atoms with Gasteiger partial charge in [-0.25, -0.2) is 0 Å². The zero-order valence-corrected chi connectivity index (χ0v) is 12.5. The topological polar surface area (TPSA) is 32.3 Å². The number of amides is 1. The summed E-state index contributed by atoms with van der Waals surface area (Å²) in [6, 6.07) is 5.49. The molecular weight excluding hydrogens is 260 g/mol. The molecule has 104 valence electrons. The second kappa shape index (κ2) is 7.97. The van der Waals surface area contributed by atoms with Crippen molar-refractivity contribution in [2.45, 2.75) is 20.8 Å². The highest BCUT2D eigenvalue weighted by molar-refractivity contribution is 6.31. The van der Waals surface area contributed by atoms with Crippen LogP contribution in [0.2, 0.25) is 5.02 Å². The van der Waals surface area contributed by atoms with Gasteiger partial charge in [0, 0.05) is 17.3 Å². The number of rotatable bonds is 6. The number of nitrogens with zero attached hydrogens (tertiary/aromatic N) is 1. The van der Waals surface area contributed by atoms with Gasteiger partial charge in [-0.1, -0.05) is 36.7 Å². The molecule has 0 heterocycles. The number of carbonyl (C=O) groups is 1. The van der Waals surface area contributed by atoms with Crippen LogP contribution in [0.5, 0.6) is 0 Å². The first kappa shape index (κ1) is 15.7. The van der Waals surface area contributed by atoms with E-state index in [1.165, 1.54) is 0 Å². The van der Waals surface area contributed by atoms with Crippen LogP contribution in [0.15, 0.2) is 30.4 Å². The maximum absolute atomic E-state index is 12.0. The van der Waals surface area contributed by atoms with Crippen molar-refractivity contribution in [3.05, 3.63) is 40.9 Å². The van der Waals surface area contributed by atoms with Gasteiger partial charge in [-0.05, 0) is 38.1 Å². The van der Waals surface area contributed by atoms with Crippen molar-refractivity contribution in [3.8, 4) is 0 Å². The molecule has 0 saturated heterocycles. The van der Waals surface area contributed by atoms with Gasteiger partial charge in [0.2, 0.25) is 5.91 Å². The summed E-state index contributed by atoms with van der Waals surface area (Å²) in [4.78, 5) is 14.1. The Morgan fingerprint density at radius 2 is 2.21 bits per heavy atom. The summed E-state index contributed by atoms with van der Waals surface area (Å²) in [5.74, 6) is -0.0169. The first-order valence-corrected chi connectivity index (χ1v) is 6.84. The molecule has 0 unspecified atom stereocenters. The van der Waals surface area contributed by atoms with Crippen LogP contribution in [0.4, 0.5) is 5.69 Å². The molecule has 4 heteroatoms. The summed E-state index contributed by atoms with van der Waals surface area (Å²) in [5, 5.41) is 3.53. The standard InChI is InChI=1S/C15H21ClN2O/c1-4-6-9-18(5-2)11-15(19)17-14-10-13(16)8-7-12(14)3/h4,6-8,10H,5,9,11H2,1-3H3,(H,17,19). The highest BCUT2D eigenvalue weighted by Gasteiger charge is 2.09. The molecule has 1 rings (SSSR count). The van der Waals surface area contributed by atoms with E-state index in [1.54, 1.807) is 6.07 Å². The molecular formula is C15H21ClN2O. The second-order valence-corrected chi connectivity index (χ2v) is 4.84. The Balaban J connectivity index is 2.61. The molecule has 1 aromatic rings. The summed E-state index contributed by atoms with van der Waals surface area (Å²) in [7, 11) is 0. The van der Waals surface area contributed by atoms with Gasteiger partial charge in [0.15, 0.2) is 0 Å². The van der Waals surface area contributed by atoms with Crippen molar-refractivity contribution in [3.63, 3.8) is 0 Å². The van der Waals surface area contributed by atoms with Gasteiger partial charge in [0.1, 0.15) is 0 Å². The summed E-state index contributed by atoms with van der Waals surface area (Å²) < 4.78 is 0. The number of allylic oxidation sites excluding steroid dienone is 1. The first-order chi connectivity index (χ1) is 9.06. The predicted octanol–water partition coefficient (Wildman–Crippen LogP) is 3.48. The largest absolute Gasteiger partial charge is 0.325 e. The molecule has 0 radical (unpaired) electrons. The Labute approximate surface area is 120 Å². The van der Waals surface area contributed by atoms with Gasteiger partial charge in [-0.3, -0.25) is 9.69 Å². The summed E-state index contributed by atoms with van der Waals surface area (Å²) in [5.41, 5.74) is 1.79. The minimum absolute atomic E-state index is 0.0169. The van der Waals surface area contributed by atoms with E-state index in [2.05, 4.69) is 10.2 Å².